The minimum atomic E-state index is 0.0470. The standard InChI is InChI=1S/C18H22N6O/c1-12-20-21-16(23(12)3)10-22(2)17(25)11-24-15-7-5-4-6-14(15)19-18(24)13-8-9-13/h4-7,13H,8-11H2,1-3H3. The average molecular weight is 338 g/mol. The van der Waals surface area contributed by atoms with Gasteiger partial charge in [-0.2, -0.15) is 0 Å². The second-order valence-electron chi connectivity index (χ2n) is 6.79. The van der Waals surface area contributed by atoms with Crippen molar-refractivity contribution in [2.24, 2.45) is 7.05 Å². The van der Waals surface area contributed by atoms with Gasteiger partial charge in [0.1, 0.15) is 18.2 Å². The molecule has 2 aromatic heterocycles. The number of likely N-dealkylation sites (N-methyl/N-ethyl adjacent to an activating group) is 1. The van der Waals surface area contributed by atoms with Crippen molar-refractivity contribution in [1.29, 1.82) is 0 Å². The van der Waals surface area contributed by atoms with Gasteiger partial charge in [-0.15, -0.1) is 10.2 Å². The predicted octanol–water partition coefficient (Wildman–Crippen LogP) is 2.01. The number of amides is 1. The van der Waals surface area contributed by atoms with Crippen molar-refractivity contribution in [1.82, 2.24) is 29.2 Å². The monoisotopic (exact) mass is 338 g/mol. The van der Waals surface area contributed by atoms with Crippen molar-refractivity contribution in [2.75, 3.05) is 7.05 Å². The van der Waals surface area contributed by atoms with Gasteiger partial charge in [0.05, 0.1) is 17.6 Å². The van der Waals surface area contributed by atoms with Crippen LogP contribution in [0.2, 0.25) is 0 Å². The minimum absolute atomic E-state index is 0.0470. The number of fused-ring (bicyclic) bond motifs is 1. The highest BCUT2D eigenvalue weighted by molar-refractivity contribution is 5.81. The summed E-state index contributed by atoms with van der Waals surface area (Å²) in [7, 11) is 3.72. The molecule has 1 aromatic carbocycles. The summed E-state index contributed by atoms with van der Waals surface area (Å²) < 4.78 is 3.99. The van der Waals surface area contributed by atoms with Crippen molar-refractivity contribution < 1.29 is 4.79 Å². The van der Waals surface area contributed by atoms with Crippen molar-refractivity contribution in [3.63, 3.8) is 0 Å². The number of benzene rings is 1. The predicted molar refractivity (Wildman–Crippen MR) is 93.9 cm³/mol. The summed E-state index contributed by atoms with van der Waals surface area (Å²) in [5, 5.41) is 8.19. The first kappa shape index (κ1) is 15.8. The van der Waals surface area contributed by atoms with Crippen molar-refractivity contribution in [3.05, 3.63) is 41.7 Å². The molecule has 0 saturated heterocycles. The number of nitrogens with zero attached hydrogens (tertiary/aromatic N) is 6. The summed E-state index contributed by atoms with van der Waals surface area (Å²) in [6, 6.07) is 8.02. The van der Waals surface area contributed by atoms with Crippen LogP contribution in [0, 0.1) is 6.92 Å². The summed E-state index contributed by atoms with van der Waals surface area (Å²) in [6.07, 6.45) is 2.32. The van der Waals surface area contributed by atoms with Crippen LogP contribution < -0.4 is 0 Å². The van der Waals surface area contributed by atoms with Gasteiger partial charge in [0.15, 0.2) is 5.82 Å². The fourth-order valence-electron chi connectivity index (χ4n) is 3.06. The fraction of sp³-hybridized carbons (Fsp3) is 0.444. The van der Waals surface area contributed by atoms with Gasteiger partial charge in [0.25, 0.3) is 0 Å². The molecule has 1 aliphatic rings. The number of aryl methyl sites for hydroxylation is 1. The Morgan fingerprint density at radius 3 is 2.72 bits per heavy atom. The van der Waals surface area contributed by atoms with E-state index in [4.69, 9.17) is 4.98 Å². The molecule has 1 aliphatic carbocycles. The van der Waals surface area contributed by atoms with Crippen LogP contribution in [0.1, 0.15) is 36.2 Å². The topological polar surface area (TPSA) is 68.8 Å². The highest BCUT2D eigenvalue weighted by atomic mass is 16.2. The molecule has 3 aromatic rings. The SMILES string of the molecule is Cc1nnc(CN(C)C(=O)Cn2c(C3CC3)nc3ccccc32)n1C. The maximum atomic E-state index is 12.8. The number of hydrogen-bond donors (Lipinski definition) is 0. The van der Waals surface area contributed by atoms with Gasteiger partial charge >= 0.3 is 0 Å². The molecular weight excluding hydrogens is 316 g/mol. The summed E-state index contributed by atoms with van der Waals surface area (Å²) in [5.41, 5.74) is 1.99. The van der Waals surface area contributed by atoms with Gasteiger partial charge in [-0.25, -0.2) is 4.98 Å². The first-order valence-electron chi connectivity index (χ1n) is 8.58. The Labute approximate surface area is 146 Å². The number of rotatable bonds is 5. The molecule has 0 spiro atoms. The second kappa shape index (κ2) is 5.98. The smallest absolute Gasteiger partial charge is 0.242 e. The van der Waals surface area contributed by atoms with Crippen LogP contribution in [-0.2, 0) is 24.9 Å². The zero-order valence-electron chi connectivity index (χ0n) is 14.8. The second-order valence-corrected chi connectivity index (χ2v) is 6.79. The lowest BCUT2D eigenvalue weighted by Crippen LogP contribution is -2.31. The molecule has 2 heterocycles. The molecule has 25 heavy (non-hydrogen) atoms. The van der Waals surface area contributed by atoms with E-state index >= 15 is 0 Å². The van der Waals surface area contributed by atoms with Gasteiger partial charge in [0.2, 0.25) is 5.91 Å². The lowest BCUT2D eigenvalue weighted by molar-refractivity contribution is -0.131. The quantitative estimate of drug-likeness (QED) is 0.714. The number of hydrogen-bond acceptors (Lipinski definition) is 4. The van der Waals surface area contributed by atoms with Crippen LogP contribution in [0.15, 0.2) is 24.3 Å². The Balaban J connectivity index is 1.57. The minimum Gasteiger partial charge on any atom is -0.337 e. The molecule has 0 unspecified atom stereocenters. The lowest BCUT2D eigenvalue weighted by atomic mass is 10.3. The molecule has 4 rings (SSSR count). The number of aromatic nitrogens is 5. The zero-order chi connectivity index (χ0) is 17.6. The molecule has 1 amide bonds. The van der Waals surface area contributed by atoms with Crippen molar-refractivity contribution in [3.8, 4) is 0 Å². The highest BCUT2D eigenvalue weighted by Crippen LogP contribution is 2.40. The number of carbonyl (C=O) groups is 1. The number of para-hydroxylation sites is 2. The summed E-state index contributed by atoms with van der Waals surface area (Å²) in [6.45, 7) is 2.65. The molecule has 0 atom stereocenters. The van der Waals surface area contributed by atoms with Gasteiger partial charge in [-0.05, 0) is 31.9 Å². The van der Waals surface area contributed by atoms with Crippen LogP contribution in [0.5, 0.6) is 0 Å². The van der Waals surface area contributed by atoms with Gasteiger partial charge in [-0.3, -0.25) is 4.79 Å². The molecule has 1 fully saturated rings. The maximum absolute atomic E-state index is 12.8. The largest absolute Gasteiger partial charge is 0.337 e. The van der Waals surface area contributed by atoms with Crippen LogP contribution in [0.4, 0.5) is 0 Å². The fourth-order valence-corrected chi connectivity index (χ4v) is 3.06. The molecule has 130 valence electrons. The van der Waals surface area contributed by atoms with Crippen molar-refractivity contribution >= 4 is 16.9 Å². The lowest BCUT2D eigenvalue weighted by Gasteiger charge is -2.18. The van der Waals surface area contributed by atoms with E-state index < -0.39 is 0 Å². The Bertz CT molecular complexity index is 936. The summed E-state index contributed by atoms with van der Waals surface area (Å²) >= 11 is 0. The van der Waals surface area contributed by atoms with Gasteiger partial charge in [-0.1, -0.05) is 12.1 Å². The highest BCUT2D eigenvalue weighted by Gasteiger charge is 2.30. The Morgan fingerprint density at radius 1 is 1.28 bits per heavy atom. The van der Waals surface area contributed by atoms with E-state index in [1.807, 2.05) is 49.9 Å². The molecule has 1 saturated carbocycles. The van der Waals surface area contributed by atoms with Crippen molar-refractivity contribution in [2.45, 2.75) is 38.8 Å². The molecule has 0 bridgehead atoms. The normalized spacial score (nSPS) is 14.2. The maximum Gasteiger partial charge on any atom is 0.242 e. The molecule has 0 N–H and O–H groups in total. The van der Waals surface area contributed by atoms with Crippen LogP contribution >= 0.6 is 0 Å². The summed E-state index contributed by atoms with van der Waals surface area (Å²) in [5.74, 6) is 3.20. The van der Waals surface area contributed by atoms with Gasteiger partial charge in [0, 0.05) is 20.0 Å². The Hall–Kier alpha value is -2.70. The first-order chi connectivity index (χ1) is 12.0. The summed E-state index contributed by atoms with van der Waals surface area (Å²) in [4.78, 5) is 19.2. The van der Waals surface area contributed by atoms with E-state index in [1.54, 1.807) is 4.90 Å². The van der Waals surface area contributed by atoms with Crippen LogP contribution in [0.3, 0.4) is 0 Å². The molecule has 0 radical (unpaired) electrons. The molecule has 7 heteroatoms. The number of carbonyl (C=O) groups excluding carboxylic acids is 1. The zero-order valence-corrected chi connectivity index (χ0v) is 14.8. The van der Waals surface area contributed by atoms with Crippen LogP contribution in [-0.4, -0.2) is 42.2 Å². The van der Waals surface area contributed by atoms with E-state index in [9.17, 15) is 4.79 Å². The van der Waals surface area contributed by atoms with E-state index in [-0.39, 0.29) is 5.91 Å². The molecule has 7 nitrogen and oxygen atoms in total. The average Bonchev–Trinajstić information content (AvgIpc) is 3.33. The first-order valence-corrected chi connectivity index (χ1v) is 8.58. The van der Waals surface area contributed by atoms with E-state index in [1.165, 1.54) is 0 Å². The number of imidazole rings is 1. The molecule has 0 aliphatic heterocycles. The third-order valence-corrected chi connectivity index (χ3v) is 4.91. The third kappa shape index (κ3) is 2.90. The van der Waals surface area contributed by atoms with E-state index in [0.717, 1.165) is 41.3 Å². The van der Waals surface area contributed by atoms with E-state index in [0.29, 0.717) is 19.0 Å². The van der Waals surface area contributed by atoms with E-state index in [2.05, 4.69) is 14.8 Å². The third-order valence-electron chi connectivity index (χ3n) is 4.91. The Kier molecular flexibility index (Phi) is 3.78. The van der Waals surface area contributed by atoms with Crippen LogP contribution in [0.25, 0.3) is 11.0 Å². The van der Waals surface area contributed by atoms with Gasteiger partial charge < -0.3 is 14.0 Å². The Morgan fingerprint density at radius 2 is 2.04 bits per heavy atom. The molecular formula is C18H22N6O.